The Morgan fingerprint density at radius 1 is 1.40 bits per heavy atom. The van der Waals surface area contributed by atoms with Gasteiger partial charge in [0.25, 0.3) is 5.91 Å². The number of anilines is 2. The van der Waals surface area contributed by atoms with Crippen LogP contribution in [0.25, 0.3) is 11.0 Å². The highest BCUT2D eigenvalue weighted by molar-refractivity contribution is 9.10. The molecule has 6 radical (unpaired) electrons. The average Bonchev–Trinajstić information content (AvgIpc) is 3.05. The van der Waals surface area contributed by atoms with Gasteiger partial charge in [-0.25, -0.2) is 14.9 Å². The van der Waals surface area contributed by atoms with Crippen molar-refractivity contribution >= 4 is 84.8 Å². The van der Waals surface area contributed by atoms with Crippen molar-refractivity contribution < 1.29 is 19.1 Å². The van der Waals surface area contributed by atoms with Crippen LogP contribution in [0.15, 0.2) is 29.0 Å². The van der Waals surface area contributed by atoms with Crippen LogP contribution in [0.5, 0.6) is 0 Å². The molecule has 0 unspecified atom stereocenters. The second kappa shape index (κ2) is 8.62. The summed E-state index contributed by atoms with van der Waals surface area (Å²) in [6.45, 7) is -0.779. The topological polar surface area (TPSA) is 88.4 Å². The third-order valence-corrected chi connectivity index (χ3v) is 4.88. The molecule has 3 rings (SSSR count). The molecule has 0 aliphatic rings. The Labute approximate surface area is 188 Å². The van der Waals surface area contributed by atoms with Crippen molar-refractivity contribution in [2.45, 2.75) is 5.40 Å². The molecular weight excluding hydrogens is 475 g/mol. The third-order valence-electron chi connectivity index (χ3n) is 4.12. The van der Waals surface area contributed by atoms with Crippen molar-refractivity contribution in [3.63, 3.8) is 0 Å². The van der Waals surface area contributed by atoms with Crippen molar-refractivity contribution in [3.05, 3.63) is 45.4 Å². The van der Waals surface area contributed by atoms with Gasteiger partial charge in [0.05, 0.1) is 40.4 Å². The Balaban J connectivity index is 2.11. The smallest absolute Gasteiger partial charge is 0.277 e. The number of aryl methyl sites for hydroxylation is 1. The van der Waals surface area contributed by atoms with Crippen LogP contribution in [0.2, 0.25) is 5.02 Å². The maximum Gasteiger partial charge on any atom is 0.277 e. The molecule has 148 valence electrons. The molecule has 1 heterocycles. The number of aliphatic hydroxyl groups is 1. The summed E-state index contributed by atoms with van der Waals surface area (Å²) in [7, 11) is 18.5. The second-order valence-corrected chi connectivity index (χ2v) is 7.78. The number of rotatable bonds is 6. The molecule has 7 nitrogen and oxygen atoms in total. The number of benzene rings is 2. The average molecular weight is 487 g/mol. The van der Waals surface area contributed by atoms with Crippen molar-refractivity contribution in [1.29, 1.82) is 0 Å². The molecule has 13 heteroatoms. The van der Waals surface area contributed by atoms with Gasteiger partial charge in [0.1, 0.15) is 29.1 Å². The van der Waals surface area contributed by atoms with Gasteiger partial charge in [0, 0.05) is 16.9 Å². The van der Waals surface area contributed by atoms with Crippen molar-refractivity contribution in [2.24, 2.45) is 7.05 Å². The summed E-state index contributed by atoms with van der Waals surface area (Å²) in [4.78, 5) is 21.6. The second-order valence-electron chi connectivity index (χ2n) is 6.46. The number of halogens is 3. The molecule has 0 fully saturated rings. The van der Waals surface area contributed by atoms with E-state index in [1.54, 1.807) is 19.2 Å². The van der Waals surface area contributed by atoms with Crippen molar-refractivity contribution in [3.8, 4) is 0 Å². The number of aliphatic hydroxyl groups excluding tert-OH is 1. The number of hydroxylamine groups is 1. The van der Waals surface area contributed by atoms with Crippen LogP contribution in [0.4, 0.5) is 15.8 Å². The number of nitrogens with one attached hydrogen (secondary N) is 2. The molecule has 0 saturated carbocycles. The van der Waals surface area contributed by atoms with E-state index < -0.39 is 23.7 Å². The van der Waals surface area contributed by atoms with Gasteiger partial charge in [-0.3, -0.25) is 9.63 Å². The molecule has 0 bridgehead atoms. The van der Waals surface area contributed by atoms with Crippen molar-refractivity contribution in [1.82, 2.24) is 15.0 Å². The Bertz CT molecular complexity index is 1120. The highest BCUT2D eigenvalue weighted by atomic mass is 79.9. The minimum atomic E-state index is -2.03. The maximum absolute atomic E-state index is 15.3. The van der Waals surface area contributed by atoms with E-state index >= 15 is 4.39 Å². The quantitative estimate of drug-likeness (QED) is 0.361. The summed E-state index contributed by atoms with van der Waals surface area (Å²) in [6.07, 6.45) is 1.40. The third kappa shape index (κ3) is 4.51. The van der Waals surface area contributed by atoms with E-state index in [0.717, 1.165) is 0 Å². The summed E-state index contributed by atoms with van der Waals surface area (Å²) >= 11 is 9.49. The molecule has 1 amide bonds. The zero-order valence-electron chi connectivity index (χ0n) is 15.5. The van der Waals surface area contributed by atoms with E-state index in [1.165, 1.54) is 17.0 Å². The molecule has 0 spiro atoms. The van der Waals surface area contributed by atoms with Crippen LogP contribution in [0.1, 0.15) is 10.4 Å². The molecule has 1 aromatic heterocycles. The van der Waals surface area contributed by atoms with Crippen LogP contribution in [0, 0.1) is 5.82 Å². The Morgan fingerprint density at radius 3 is 2.73 bits per heavy atom. The van der Waals surface area contributed by atoms with Gasteiger partial charge in [-0.05, 0) is 12.1 Å². The summed E-state index contributed by atoms with van der Waals surface area (Å²) in [5.74, 6) is -1.70. The molecule has 0 aliphatic heterocycles. The number of fused-ring (bicyclic) bond motifs is 1. The normalized spacial score (nSPS) is 11.6. The van der Waals surface area contributed by atoms with Gasteiger partial charge in [-0.1, -0.05) is 39.1 Å². The molecular formula is C17H12B3BrClFN4O3. The van der Waals surface area contributed by atoms with Crippen LogP contribution in [-0.4, -0.2) is 56.1 Å². The number of nitrogens with zero attached hydrogens (tertiary/aromatic N) is 2. The van der Waals surface area contributed by atoms with Gasteiger partial charge >= 0.3 is 0 Å². The summed E-state index contributed by atoms with van der Waals surface area (Å²) in [5.41, 5.74) is 2.34. The van der Waals surface area contributed by atoms with E-state index in [-0.39, 0.29) is 32.9 Å². The van der Waals surface area contributed by atoms with E-state index in [1.807, 2.05) is 5.48 Å². The van der Waals surface area contributed by atoms with E-state index in [2.05, 4.69) is 26.2 Å². The predicted molar refractivity (Wildman–Crippen MR) is 118 cm³/mol. The first-order valence-corrected chi connectivity index (χ1v) is 9.53. The lowest BCUT2D eigenvalue weighted by Crippen LogP contribution is -2.44. The summed E-state index contributed by atoms with van der Waals surface area (Å²) in [6, 6.07) is 4.51. The predicted octanol–water partition coefficient (Wildman–Crippen LogP) is 1.31. The summed E-state index contributed by atoms with van der Waals surface area (Å²) < 4.78 is 17.5. The fourth-order valence-corrected chi connectivity index (χ4v) is 3.49. The molecule has 3 N–H and O–H groups in total. The Kier molecular flexibility index (Phi) is 6.52. The fraction of sp³-hybridized carbons (Fsp3) is 0.176. The number of carbonyl (C=O) groups excluding carboxylic acids is 1. The highest BCUT2D eigenvalue weighted by Crippen LogP contribution is 2.33. The van der Waals surface area contributed by atoms with Crippen LogP contribution < -0.4 is 16.3 Å². The maximum atomic E-state index is 15.3. The highest BCUT2D eigenvalue weighted by Gasteiger charge is 2.24. The zero-order valence-corrected chi connectivity index (χ0v) is 17.9. The van der Waals surface area contributed by atoms with Gasteiger partial charge in [0.15, 0.2) is 5.82 Å². The number of amides is 1. The largest absolute Gasteiger partial charge is 0.395 e. The lowest BCUT2D eigenvalue weighted by atomic mass is 9.66. The molecule has 30 heavy (non-hydrogen) atoms. The first-order valence-electron chi connectivity index (χ1n) is 8.36. The van der Waals surface area contributed by atoms with E-state index in [0.29, 0.717) is 9.99 Å². The van der Waals surface area contributed by atoms with Crippen LogP contribution in [0.3, 0.4) is 0 Å². The molecule has 0 aliphatic carbocycles. The lowest BCUT2D eigenvalue weighted by molar-refractivity contribution is -0.0235. The van der Waals surface area contributed by atoms with Gasteiger partial charge in [0.2, 0.25) is 0 Å². The number of imidazole rings is 1. The van der Waals surface area contributed by atoms with Crippen LogP contribution in [-0.2, 0) is 11.9 Å². The standard InChI is InChI=1S/C17H12B3BrClFN4O3/c1-27-6-24-15-11(27)4-8(16(29)26-30-17(19,20)5-28)13(12(15)23)25-14-9(18)2-7(21)3-10(14)22/h2-4,6,25,28H,5H2,1H3,(H,26,29). The fourth-order valence-electron chi connectivity index (χ4n) is 2.60. The molecule has 0 atom stereocenters. The summed E-state index contributed by atoms with van der Waals surface area (Å²) in [5, 5.41) is 9.99. The molecule has 3 aromatic rings. The lowest BCUT2D eigenvalue weighted by Gasteiger charge is -2.23. The van der Waals surface area contributed by atoms with Crippen LogP contribution >= 0.6 is 27.5 Å². The zero-order chi connectivity index (χ0) is 22.2. The Hall–Kier alpha value is -2.01. The minimum absolute atomic E-state index is 0.0200. The Morgan fingerprint density at radius 2 is 2.10 bits per heavy atom. The van der Waals surface area contributed by atoms with Gasteiger partial charge in [-0.15, -0.1) is 0 Å². The SMILES string of the molecule is [B]c1cc(Br)cc(Cl)c1Nc1c(C(=O)NOC([B])([B])CO)cc2c(ncn2C)c1F. The molecule has 0 saturated heterocycles. The minimum Gasteiger partial charge on any atom is -0.395 e. The van der Waals surface area contributed by atoms with E-state index in [4.69, 9.17) is 45.1 Å². The number of hydrogen-bond acceptors (Lipinski definition) is 5. The van der Waals surface area contributed by atoms with E-state index in [9.17, 15) is 4.79 Å². The van der Waals surface area contributed by atoms with Gasteiger partial charge in [-0.2, -0.15) is 0 Å². The molecule has 2 aromatic carbocycles. The number of hydrogen-bond donors (Lipinski definition) is 3. The van der Waals surface area contributed by atoms with Crippen molar-refractivity contribution in [2.75, 3.05) is 11.9 Å². The number of carbonyl (C=O) groups is 1. The monoisotopic (exact) mass is 486 g/mol. The first-order chi connectivity index (χ1) is 14.0. The first kappa shape index (κ1) is 22.7. The number of aromatic nitrogens is 2. The van der Waals surface area contributed by atoms with Gasteiger partial charge < -0.3 is 15.0 Å².